The van der Waals surface area contributed by atoms with E-state index in [9.17, 15) is 9.90 Å². The molecule has 0 spiro atoms. The molecule has 0 unspecified atom stereocenters. The number of aliphatic hydroxyl groups is 1. The van der Waals surface area contributed by atoms with E-state index in [1.165, 1.54) is 0 Å². The quantitative estimate of drug-likeness (QED) is 0.751. The van der Waals surface area contributed by atoms with Gasteiger partial charge in [0.1, 0.15) is 0 Å². The molecule has 0 aromatic heterocycles. The van der Waals surface area contributed by atoms with Crippen molar-refractivity contribution in [3.63, 3.8) is 0 Å². The smallest absolute Gasteiger partial charge is 0.311 e. The van der Waals surface area contributed by atoms with Crippen LogP contribution in [0.1, 0.15) is 19.4 Å². The normalized spacial score (nSPS) is 13.9. The second-order valence-corrected chi connectivity index (χ2v) is 4.11. The van der Waals surface area contributed by atoms with Crippen LogP contribution in [0, 0.1) is 5.92 Å². The molecule has 100 valence electrons. The minimum Gasteiger partial charge on any atom is -0.466 e. The lowest BCUT2D eigenvalue weighted by Gasteiger charge is -2.17. The summed E-state index contributed by atoms with van der Waals surface area (Å²) >= 11 is 0. The lowest BCUT2D eigenvalue weighted by molar-refractivity contribution is -0.152. The van der Waals surface area contributed by atoms with Gasteiger partial charge in [0.2, 0.25) is 0 Å². The van der Waals surface area contributed by atoms with Gasteiger partial charge in [0.05, 0.1) is 31.8 Å². The van der Waals surface area contributed by atoms with E-state index in [1.54, 1.807) is 13.8 Å². The van der Waals surface area contributed by atoms with Crippen molar-refractivity contribution in [3.05, 3.63) is 35.9 Å². The Morgan fingerprint density at radius 2 is 2.00 bits per heavy atom. The van der Waals surface area contributed by atoms with Gasteiger partial charge in [-0.3, -0.25) is 4.79 Å². The largest absolute Gasteiger partial charge is 0.466 e. The molecule has 1 N–H and O–H groups in total. The van der Waals surface area contributed by atoms with Gasteiger partial charge >= 0.3 is 5.97 Å². The molecular weight excluding hydrogens is 232 g/mol. The van der Waals surface area contributed by atoms with Crippen molar-refractivity contribution in [2.24, 2.45) is 5.92 Å². The third-order valence-electron chi connectivity index (χ3n) is 2.64. The van der Waals surface area contributed by atoms with Gasteiger partial charge in [-0.15, -0.1) is 0 Å². The summed E-state index contributed by atoms with van der Waals surface area (Å²) in [4.78, 5) is 11.4. The van der Waals surface area contributed by atoms with Gasteiger partial charge in [-0.1, -0.05) is 30.3 Å². The number of aliphatic hydroxyl groups excluding tert-OH is 1. The molecule has 0 heterocycles. The summed E-state index contributed by atoms with van der Waals surface area (Å²) in [5, 5.41) is 9.77. The number of esters is 1. The minimum atomic E-state index is -0.840. The van der Waals surface area contributed by atoms with Crippen molar-refractivity contribution in [1.82, 2.24) is 0 Å². The van der Waals surface area contributed by atoms with E-state index >= 15 is 0 Å². The Bertz CT molecular complexity index is 350. The summed E-state index contributed by atoms with van der Waals surface area (Å²) in [6.45, 7) is 4.24. The van der Waals surface area contributed by atoms with Crippen molar-refractivity contribution in [3.8, 4) is 0 Å². The van der Waals surface area contributed by atoms with Crippen LogP contribution in [-0.2, 0) is 20.9 Å². The Morgan fingerprint density at radius 3 is 2.61 bits per heavy atom. The van der Waals surface area contributed by atoms with Crippen LogP contribution < -0.4 is 0 Å². The Labute approximate surface area is 108 Å². The second-order valence-electron chi connectivity index (χ2n) is 4.11. The zero-order valence-electron chi connectivity index (χ0n) is 10.8. The van der Waals surface area contributed by atoms with E-state index in [2.05, 4.69) is 0 Å². The van der Waals surface area contributed by atoms with E-state index in [0.717, 1.165) is 5.56 Å². The highest BCUT2D eigenvalue weighted by Crippen LogP contribution is 2.08. The molecule has 1 aromatic carbocycles. The number of benzene rings is 1. The number of hydrogen-bond donors (Lipinski definition) is 1. The van der Waals surface area contributed by atoms with E-state index in [0.29, 0.717) is 13.2 Å². The van der Waals surface area contributed by atoms with Crippen LogP contribution in [0.4, 0.5) is 0 Å². The highest BCUT2D eigenvalue weighted by Gasteiger charge is 2.23. The summed E-state index contributed by atoms with van der Waals surface area (Å²) in [6.07, 6.45) is -0.840. The maximum Gasteiger partial charge on any atom is 0.311 e. The van der Waals surface area contributed by atoms with Gasteiger partial charge in [0.15, 0.2) is 0 Å². The molecule has 0 aliphatic carbocycles. The lowest BCUT2D eigenvalue weighted by Crippen LogP contribution is -2.31. The molecule has 0 saturated heterocycles. The van der Waals surface area contributed by atoms with Gasteiger partial charge in [-0.2, -0.15) is 0 Å². The first-order chi connectivity index (χ1) is 8.65. The topological polar surface area (TPSA) is 55.8 Å². The number of hydrogen-bond acceptors (Lipinski definition) is 4. The molecule has 18 heavy (non-hydrogen) atoms. The number of rotatable bonds is 7. The SMILES string of the molecule is CCOC(=O)[C@H](C)[C@H](O)COCc1ccccc1. The van der Waals surface area contributed by atoms with Crippen molar-refractivity contribution in [2.75, 3.05) is 13.2 Å². The molecule has 0 saturated carbocycles. The van der Waals surface area contributed by atoms with Crippen LogP contribution in [0.2, 0.25) is 0 Å². The molecule has 0 aliphatic heterocycles. The third kappa shape index (κ3) is 4.85. The molecule has 4 nitrogen and oxygen atoms in total. The molecule has 0 bridgehead atoms. The Kier molecular flexibility index (Phi) is 6.39. The first-order valence-corrected chi connectivity index (χ1v) is 6.11. The Balaban J connectivity index is 2.28. The van der Waals surface area contributed by atoms with Gasteiger partial charge in [0, 0.05) is 0 Å². The predicted molar refractivity (Wildman–Crippen MR) is 67.9 cm³/mol. The number of carbonyl (C=O) groups is 1. The van der Waals surface area contributed by atoms with Gasteiger partial charge in [0.25, 0.3) is 0 Å². The molecule has 1 rings (SSSR count). The molecule has 4 heteroatoms. The third-order valence-corrected chi connectivity index (χ3v) is 2.64. The average molecular weight is 252 g/mol. The molecule has 0 radical (unpaired) electrons. The fourth-order valence-electron chi connectivity index (χ4n) is 1.45. The maximum atomic E-state index is 11.4. The van der Waals surface area contributed by atoms with Crippen molar-refractivity contribution in [2.45, 2.75) is 26.6 Å². The van der Waals surface area contributed by atoms with Crippen LogP contribution in [0.15, 0.2) is 30.3 Å². The van der Waals surface area contributed by atoms with Gasteiger partial charge < -0.3 is 14.6 Å². The summed E-state index contributed by atoms with van der Waals surface area (Å²) < 4.78 is 10.2. The molecule has 0 amide bonds. The zero-order chi connectivity index (χ0) is 13.4. The summed E-state index contributed by atoms with van der Waals surface area (Å²) in [5.41, 5.74) is 1.04. The van der Waals surface area contributed by atoms with Crippen molar-refractivity contribution in [1.29, 1.82) is 0 Å². The van der Waals surface area contributed by atoms with Crippen LogP contribution in [0.25, 0.3) is 0 Å². The highest BCUT2D eigenvalue weighted by atomic mass is 16.5. The van der Waals surface area contributed by atoms with Crippen molar-refractivity contribution >= 4 is 5.97 Å². The highest BCUT2D eigenvalue weighted by molar-refractivity contribution is 5.72. The fourth-order valence-corrected chi connectivity index (χ4v) is 1.45. The minimum absolute atomic E-state index is 0.120. The Morgan fingerprint density at radius 1 is 1.33 bits per heavy atom. The second kappa shape index (κ2) is 7.84. The summed E-state index contributed by atoms with van der Waals surface area (Å²) in [6, 6.07) is 9.68. The van der Waals surface area contributed by atoms with Crippen LogP contribution in [-0.4, -0.2) is 30.4 Å². The van der Waals surface area contributed by atoms with Crippen LogP contribution >= 0.6 is 0 Å². The molecule has 0 fully saturated rings. The van der Waals surface area contributed by atoms with E-state index in [1.807, 2.05) is 30.3 Å². The van der Waals surface area contributed by atoms with E-state index in [-0.39, 0.29) is 6.61 Å². The molecule has 0 aliphatic rings. The van der Waals surface area contributed by atoms with Crippen molar-refractivity contribution < 1.29 is 19.4 Å². The molecular formula is C14H20O4. The summed E-state index contributed by atoms with van der Waals surface area (Å²) in [7, 11) is 0. The van der Waals surface area contributed by atoms with Crippen LogP contribution in [0.3, 0.4) is 0 Å². The predicted octanol–water partition coefficient (Wildman–Crippen LogP) is 1.76. The summed E-state index contributed by atoms with van der Waals surface area (Å²) in [5.74, 6) is -0.964. The number of carbonyl (C=O) groups excluding carboxylic acids is 1. The van der Waals surface area contributed by atoms with Gasteiger partial charge in [-0.25, -0.2) is 0 Å². The monoisotopic (exact) mass is 252 g/mol. The molecule has 2 atom stereocenters. The standard InChI is InChI=1S/C14H20O4/c1-3-18-14(16)11(2)13(15)10-17-9-12-7-5-4-6-8-12/h4-8,11,13,15H,3,9-10H2,1-2H3/t11-,13-/m1/s1. The first kappa shape index (κ1) is 14.7. The fraction of sp³-hybridized carbons (Fsp3) is 0.500. The zero-order valence-corrected chi connectivity index (χ0v) is 10.8. The average Bonchev–Trinajstić information content (AvgIpc) is 2.39. The first-order valence-electron chi connectivity index (χ1n) is 6.11. The molecule has 1 aromatic rings. The maximum absolute atomic E-state index is 11.4. The lowest BCUT2D eigenvalue weighted by atomic mass is 10.1. The Hall–Kier alpha value is -1.39. The van der Waals surface area contributed by atoms with E-state index < -0.39 is 18.0 Å². The van der Waals surface area contributed by atoms with Crippen LogP contribution in [0.5, 0.6) is 0 Å². The number of ether oxygens (including phenoxy) is 2. The van der Waals surface area contributed by atoms with E-state index in [4.69, 9.17) is 9.47 Å². The van der Waals surface area contributed by atoms with Gasteiger partial charge in [-0.05, 0) is 19.4 Å².